The molecule has 1 unspecified atom stereocenters. The van der Waals surface area contributed by atoms with E-state index in [0.717, 1.165) is 15.8 Å². The highest BCUT2D eigenvalue weighted by Gasteiger charge is 2.35. The first-order chi connectivity index (χ1) is 10.1. The molecule has 2 aromatic rings. The SMILES string of the molecule is CC(C)C1Nc2ccccc2C(=O)N1c1ccccc1Br. The number of benzene rings is 2. The molecule has 0 aliphatic carbocycles. The van der Waals surface area contributed by atoms with Crippen molar-refractivity contribution in [1.29, 1.82) is 0 Å². The Kier molecular flexibility index (Phi) is 3.72. The first-order valence-electron chi connectivity index (χ1n) is 7.03. The van der Waals surface area contributed by atoms with Crippen LogP contribution in [0, 0.1) is 5.92 Å². The zero-order valence-corrected chi connectivity index (χ0v) is 13.6. The molecule has 1 N–H and O–H groups in total. The van der Waals surface area contributed by atoms with E-state index < -0.39 is 0 Å². The van der Waals surface area contributed by atoms with Crippen molar-refractivity contribution in [2.75, 3.05) is 10.2 Å². The van der Waals surface area contributed by atoms with E-state index in [2.05, 4.69) is 35.1 Å². The maximum Gasteiger partial charge on any atom is 0.262 e. The molecule has 0 saturated carbocycles. The van der Waals surface area contributed by atoms with Gasteiger partial charge in [-0.1, -0.05) is 38.1 Å². The molecule has 1 atom stereocenters. The fraction of sp³-hybridized carbons (Fsp3) is 0.235. The first kappa shape index (κ1) is 14.1. The van der Waals surface area contributed by atoms with E-state index in [-0.39, 0.29) is 18.0 Å². The van der Waals surface area contributed by atoms with Crippen LogP contribution >= 0.6 is 15.9 Å². The van der Waals surface area contributed by atoms with Crippen molar-refractivity contribution in [2.45, 2.75) is 20.0 Å². The second-order valence-corrected chi connectivity index (χ2v) is 6.36. The summed E-state index contributed by atoms with van der Waals surface area (Å²) >= 11 is 3.55. The average Bonchev–Trinajstić information content (AvgIpc) is 2.48. The third-order valence-corrected chi connectivity index (χ3v) is 4.37. The molecular weight excluding hydrogens is 328 g/mol. The summed E-state index contributed by atoms with van der Waals surface area (Å²) in [6.45, 7) is 4.23. The second kappa shape index (κ2) is 5.53. The summed E-state index contributed by atoms with van der Waals surface area (Å²) in [4.78, 5) is 14.8. The van der Waals surface area contributed by atoms with Crippen LogP contribution in [-0.4, -0.2) is 12.1 Å². The number of hydrogen-bond acceptors (Lipinski definition) is 2. The molecule has 1 aliphatic heterocycles. The number of anilines is 2. The van der Waals surface area contributed by atoms with E-state index in [9.17, 15) is 4.79 Å². The summed E-state index contributed by atoms with van der Waals surface area (Å²) in [5, 5.41) is 3.49. The predicted octanol–water partition coefficient (Wildman–Crippen LogP) is 4.50. The van der Waals surface area contributed by atoms with Crippen molar-refractivity contribution in [2.24, 2.45) is 5.92 Å². The van der Waals surface area contributed by atoms with Gasteiger partial charge >= 0.3 is 0 Å². The zero-order valence-electron chi connectivity index (χ0n) is 12.0. The van der Waals surface area contributed by atoms with Crippen molar-refractivity contribution in [3.8, 4) is 0 Å². The van der Waals surface area contributed by atoms with Gasteiger partial charge in [-0.05, 0) is 46.1 Å². The Morgan fingerprint density at radius 2 is 1.76 bits per heavy atom. The van der Waals surface area contributed by atoms with Gasteiger partial charge < -0.3 is 5.32 Å². The Hall–Kier alpha value is -1.81. The Morgan fingerprint density at radius 3 is 2.48 bits per heavy atom. The van der Waals surface area contributed by atoms with Crippen LogP contribution in [0.4, 0.5) is 11.4 Å². The standard InChI is InChI=1S/C17H17BrN2O/c1-11(2)16-19-14-9-5-3-7-12(14)17(21)20(16)15-10-6-4-8-13(15)18/h3-11,16,19H,1-2H3. The normalized spacial score (nSPS) is 17.6. The highest BCUT2D eigenvalue weighted by Crippen LogP contribution is 2.35. The van der Waals surface area contributed by atoms with Gasteiger partial charge in [0.05, 0.1) is 11.3 Å². The Bertz CT molecular complexity index is 684. The monoisotopic (exact) mass is 344 g/mol. The van der Waals surface area contributed by atoms with Crippen molar-refractivity contribution >= 4 is 33.2 Å². The molecule has 4 heteroatoms. The summed E-state index contributed by atoms with van der Waals surface area (Å²) in [5.74, 6) is 0.323. The van der Waals surface area contributed by atoms with Gasteiger partial charge in [-0.2, -0.15) is 0 Å². The third kappa shape index (κ3) is 2.44. The molecule has 3 nitrogen and oxygen atoms in total. The molecule has 0 spiro atoms. The van der Waals surface area contributed by atoms with E-state index >= 15 is 0 Å². The molecule has 1 amide bonds. The molecule has 0 aromatic heterocycles. The van der Waals surface area contributed by atoms with Gasteiger partial charge in [0.1, 0.15) is 6.17 Å². The van der Waals surface area contributed by atoms with Crippen molar-refractivity contribution in [1.82, 2.24) is 0 Å². The third-order valence-electron chi connectivity index (χ3n) is 3.70. The molecule has 3 rings (SSSR count). The number of carbonyl (C=O) groups is 1. The molecule has 1 aliphatic rings. The summed E-state index contributed by atoms with van der Waals surface area (Å²) in [6.07, 6.45) is -0.0638. The van der Waals surface area contributed by atoms with Crippen LogP contribution in [-0.2, 0) is 0 Å². The van der Waals surface area contributed by atoms with Gasteiger partial charge in [0.2, 0.25) is 0 Å². The number of hydrogen-bond donors (Lipinski definition) is 1. The number of fused-ring (bicyclic) bond motifs is 1. The minimum absolute atomic E-state index is 0.0370. The number of nitrogens with one attached hydrogen (secondary N) is 1. The minimum Gasteiger partial charge on any atom is -0.364 e. The molecule has 0 fully saturated rings. The molecule has 2 aromatic carbocycles. The summed E-state index contributed by atoms with van der Waals surface area (Å²) in [7, 11) is 0. The fourth-order valence-corrected chi connectivity index (χ4v) is 3.12. The Labute approximate surface area is 133 Å². The van der Waals surface area contributed by atoms with E-state index in [0.29, 0.717) is 5.56 Å². The van der Waals surface area contributed by atoms with Gasteiger partial charge in [0.15, 0.2) is 0 Å². The highest BCUT2D eigenvalue weighted by molar-refractivity contribution is 9.10. The second-order valence-electron chi connectivity index (χ2n) is 5.51. The lowest BCUT2D eigenvalue weighted by molar-refractivity contribution is 0.0968. The van der Waals surface area contributed by atoms with Gasteiger partial charge in [0.25, 0.3) is 5.91 Å². The van der Waals surface area contributed by atoms with Crippen LogP contribution in [0.25, 0.3) is 0 Å². The van der Waals surface area contributed by atoms with Gasteiger partial charge in [-0.25, -0.2) is 0 Å². The molecule has 1 heterocycles. The zero-order chi connectivity index (χ0) is 15.0. The van der Waals surface area contributed by atoms with E-state index in [1.807, 2.05) is 53.4 Å². The van der Waals surface area contributed by atoms with E-state index in [1.54, 1.807) is 0 Å². The highest BCUT2D eigenvalue weighted by atomic mass is 79.9. The molecule has 0 bridgehead atoms. The molecule has 108 valence electrons. The van der Waals surface area contributed by atoms with Crippen LogP contribution in [0.15, 0.2) is 53.0 Å². The predicted molar refractivity (Wildman–Crippen MR) is 89.6 cm³/mol. The largest absolute Gasteiger partial charge is 0.364 e. The van der Waals surface area contributed by atoms with Crippen molar-refractivity contribution in [3.63, 3.8) is 0 Å². The lowest BCUT2D eigenvalue weighted by atomic mass is 10.0. The number of carbonyl (C=O) groups excluding carboxylic acids is 1. The quantitative estimate of drug-likeness (QED) is 0.869. The van der Waals surface area contributed by atoms with Crippen LogP contribution in [0.3, 0.4) is 0 Å². The van der Waals surface area contributed by atoms with Crippen LogP contribution in [0.2, 0.25) is 0 Å². The van der Waals surface area contributed by atoms with Gasteiger partial charge in [-0.3, -0.25) is 9.69 Å². The number of amides is 1. The molecule has 21 heavy (non-hydrogen) atoms. The van der Waals surface area contributed by atoms with Crippen LogP contribution in [0.1, 0.15) is 24.2 Å². The smallest absolute Gasteiger partial charge is 0.262 e. The Balaban J connectivity index is 2.13. The lowest BCUT2D eigenvalue weighted by Crippen LogP contribution is -2.52. The molecular formula is C17H17BrN2O. The maximum absolute atomic E-state index is 12.9. The summed E-state index contributed by atoms with van der Waals surface area (Å²) in [5.41, 5.74) is 2.51. The van der Waals surface area contributed by atoms with Crippen molar-refractivity contribution < 1.29 is 4.79 Å². The average molecular weight is 345 g/mol. The van der Waals surface area contributed by atoms with Gasteiger partial charge in [-0.15, -0.1) is 0 Å². The maximum atomic E-state index is 12.9. The number of rotatable bonds is 2. The van der Waals surface area contributed by atoms with E-state index in [1.165, 1.54) is 0 Å². The number of nitrogens with zero attached hydrogens (tertiary/aromatic N) is 1. The topological polar surface area (TPSA) is 32.3 Å². The first-order valence-corrected chi connectivity index (χ1v) is 7.82. The summed E-state index contributed by atoms with van der Waals surface area (Å²) < 4.78 is 0.921. The summed E-state index contributed by atoms with van der Waals surface area (Å²) in [6, 6.07) is 15.5. The van der Waals surface area contributed by atoms with Crippen LogP contribution < -0.4 is 10.2 Å². The fourth-order valence-electron chi connectivity index (χ4n) is 2.65. The molecule has 0 radical (unpaired) electrons. The van der Waals surface area contributed by atoms with E-state index in [4.69, 9.17) is 0 Å². The van der Waals surface area contributed by atoms with Crippen molar-refractivity contribution in [3.05, 3.63) is 58.6 Å². The lowest BCUT2D eigenvalue weighted by Gasteiger charge is -2.40. The Morgan fingerprint density at radius 1 is 1.10 bits per heavy atom. The van der Waals surface area contributed by atoms with Crippen LogP contribution in [0.5, 0.6) is 0 Å². The molecule has 0 saturated heterocycles. The van der Waals surface area contributed by atoms with Gasteiger partial charge in [0, 0.05) is 10.2 Å². The number of para-hydroxylation sites is 2. The minimum atomic E-state index is -0.0638. The number of halogens is 1.